The predicted octanol–water partition coefficient (Wildman–Crippen LogP) is 3.08. The minimum Gasteiger partial charge on any atom is -0.473 e. The number of hydrogen-bond donors (Lipinski definition) is 0. The lowest BCUT2D eigenvalue weighted by Gasteiger charge is -2.18. The van der Waals surface area contributed by atoms with E-state index in [1.165, 1.54) is 4.31 Å². The van der Waals surface area contributed by atoms with Crippen LogP contribution in [-0.4, -0.2) is 36.9 Å². The lowest BCUT2D eigenvalue weighted by molar-refractivity contribution is 0.207. The normalized spacial score (nSPS) is 18.5. The molecule has 0 saturated carbocycles. The highest BCUT2D eigenvalue weighted by Gasteiger charge is 2.34. The Morgan fingerprint density at radius 2 is 1.80 bits per heavy atom. The van der Waals surface area contributed by atoms with Gasteiger partial charge in [-0.15, -0.1) is 0 Å². The Labute approximate surface area is 146 Å². The molecule has 1 aliphatic heterocycles. The van der Waals surface area contributed by atoms with Crippen molar-refractivity contribution in [1.29, 1.82) is 0 Å². The number of sulfonamides is 1. The van der Waals surface area contributed by atoms with E-state index in [0.29, 0.717) is 30.3 Å². The third-order valence-electron chi connectivity index (χ3n) is 4.40. The van der Waals surface area contributed by atoms with Crippen LogP contribution < -0.4 is 4.74 Å². The Hall–Kier alpha value is -2.44. The summed E-state index contributed by atoms with van der Waals surface area (Å²) in [6.45, 7) is 0.783. The molecule has 3 aromatic rings. The van der Waals surface area contributed by atoms with Gasteiger partial charge in [-0.2, -0.15) is 4.31 Å². The number of benzene rings is 2. The second-order valence-electron chi connectivity index (χ2n) is 6.04. The van der Waals surface area contributed by atoms with Crippen molar-refractivity contribution in [3.8, 4) is 5.88 Å². The maximum absolute atomic E-state index is 13.1. The molecule has 1 aromatic heterocycles. The highest BCUT2D eigenvalue weighted by Crippen LogP contribution is 2.28. The fraction of sp³-hybridized carbons (Fsp3) is 0.211. The van der Waals surface area contributed by atoms with E-state index in [2.05, 4.69) is 4.98 Å². The van der Waals surface area contributed by atoms with E-state index in [-0.39, 0.29) is 6.10 Å². The summed E-state index contributed by atoms with van der Waals surface area (Å²) in [4.78, 5) is 4.49. The summed E-state index contributed by atoms with van der Waals surface area (Å²) in [6.07, 6.45) is 2.13. The zero-order chi connectivity index (χ0) is 17.3. The molecule has 2 aromatic carbocycles. The van der Waals surface area contributed by atoms with Gasteiger partial charge in [-0.3, -0.25) is 0 Å². The molecule has 0 aliphatic carbocycles. The molecule has 0 spiro atoms. The molecular formula is C19H18N2O3S. The predicted molar refractivity (Wildman–Crippen MR) is 96.0 cm³/mol. The first kappa shape index (κ1) is 16.1. The van der Waals surface area contributed by atoms with Crippen molar-refractivity contribution in [3.63, 3.8) is 0 Å². The Morgan fingerprint density at radius 3 is 2.64 bits per heavy atom. The summed E-state index contributed by atoms with van der Waals surface area (Å²) in [7, 11) is -3.56. The van der Waals surface area contributed by atoms with Crippen molar-refractivity contribution in [2.24, 2.45) is 0 Å². The maximum Gasteiger partial charge on any atom is 0.243 e. The van der Waals surface area contributed by atoms with E-state index >= 15 is 0 Å². The largest absolute Gasteiger partial charge is 0.473 e. The Bertz CT molecular complexity index is 984. The van der Waals surface area contributed by atoms with Crippen molar-refractivity contribution in [2.45, 2.75) is 17.4 Å². The molecule has 1 saturated heterocycles. The molecule has 4 rings (SSSR count). The summed E-state index contributed by atoms with van der Waals surface area (Å²) in [6, 6.07) is 18.4. The van der Waals surface area contributed by atoms with Crippen molar-refractivity contribution in [3.05, 3.63) is 66.9 Å². The minimum atomic E-state index is -3.56. The van der Waals surface area contributed by atoms with Gasteiger partial charge in [0.2, 0.25) is 15.9 Å². The fourth-order valence-electron chi connectivity index (χ4n) is 3.16. The molecule has 2 heterocycles. The number of nitrogens with zero attached hydrogens (tertiary/aromatic N) is 2. The molecule has 6 heteroatoms. The number of pyridine rings is 1. The standard InChI is InChI=1S/C19H18N2O3S/c22-25(23,18-9-5-7-15-6-1-2-8-17(15)18)21-13-11-16(14-21)24-19-10-3-4-12-20-19/h1-10,12,16H,11,13-14H2. The third-order valence-corrected chi connectivity index (χ3v) is 6.32. The zero-order valence-corrected chi connectivity index (χ0v) is 14.4. The van der Waals surface area contributed by atoms with Gasteiger partial charge in [0.05, 0.1) is 11.4 Å². The van der Waals surface area contributed by atoms with E-state index in [1.807, 2.05) is 42.5 Å². The van der Waals surface area contributed by atoms with Gasteiger partial charge in [0.15, 0.2) is 0 Å². The van der Waals surface area contributed by atoms with E-state index < -0.39 is 10.0 Å². The summed E-state index contributed by atoms with van der Waals surface area (Å²) in [5.74, 6) is 0.525. The van der Waals surface area contributed by atoms with Crippen molar-refractivity contribution in [2.75, 3.05) is 13.1 Å². The van der Waals surface area contributed by atoms with Crippen molar-refractivity contribution in [1.82, 2.24) is 9.29 Å². The number of rotatable bonds is 4. The van der Waals surface area contributed by atoms with Gasteiger partial charge in [-0.25, -0.2) is 13.4 Å². The molecule has 1 aliphatic rings. The number of ether oxygens (including phenoxy) is 1. The molecule has 0 amide bonds. The third kappa shape index (κ3) is 3.10. The Morgan fingerprint density at radius 1 is 1.00 bits per heavy atom. The van der Waals surface area contributed by atoms with Gasteiger partial charge in [-0.05, 0) is 23.9 Å². The van der Waals surface area contributed by atoms with Gasteiger partial charge in [-0.1, -0.05) is 42.5 Å². The Kier molecular flexibility index (Phi) is 4.15. The summed E-state index contributed by atoms with van der Waals surface area (Å²) in [5, 5.41) is 1.67. The van der Waals surface area contributed by atoms with Gasteiger partial charge in [0, 0.05) is 24.2 Å². The topological polar surface area (TPSA) is 59.5 Å². The molecule has 128 valence electrons. The lowest BCUT2D eigenvalue weighted by atomic mass is 10.1. The van der Waals surface area contributed by atoms with Crippen LogP contribution >= 0.6 is 0 Å². The SMILES string of the molecule is O=S(=O)(c1cccc2ccccc12)N1CCC(Oc2ccccn2)C1. The van der Waals surface area contributed by atoms with Crippen LogP contribution in [0.3, 0.4) is 0 Å². The van der Waals surface area contributed by atoms with Crippen LogP contribution in [0.15, 0.2) is 71.8 Å². The van der Waals surface area contributed by atoms with Gasteiger partial charge in [0.25, 0.3) is 0 Å². The van der Waals surface area contributed by atoms with E-state index in [4.69, 9.17) is 4.74 Å². The first-order valence-corrected chi connectivity index (χ1v) is 9.64. The molecule has 1 atom stereocenters. The van der Waals surface area contributed by atoms with Crippen molar-refractivity contribution >= 4 is 20.8 Å². The highest BCUT2D eigenvalue weighted by molar-refractivity contribution is 7.89. The van der Waals surface area contributed by atoms with Crippen molar-refractivity contribution < 1.29 is 13.2 Å². The van der Waals surface area contributed by atoms with Crippen LogP contribution in [0.2, 0.25) is 0 Å². The van der Waals surface area contributed by atoms with E-state index in [9.17, 15) is 8.42 Å². The molecule has 0 radical (unpaired) electrons. The van der Waals surface area contributed by atoms with Gasteiger partial charge in [0.1, 0.15) is 6.10 Å². The summed E-state index contributed by atoms with van der Waals surface area (Å²) < 4.78 is 33.5. The second-order valence-corrected chi connectivity index (χ2v) is 7.94. The van der Waals surface area contributed by atoms with Crippen LogP contribution in [0.25, 0.3) is 10.8 Å². The van der Waals surface area contributed by atoms with Crippen LogP contribution in [-0.2, 0) is 10.0 Å². The lowest BCUT2D eigenvalue weighted by Crippen LogP contribution is -2.31. The molecule has 1 unspecified atom stereocenters. The molecule has 5 nitrogen and oxygen atoms in total. The molecule has 1 fully saturated rings. The zero-order valence-electron chi connectivity index (χ0n) is 13.6. The van der Waals surface area contributed by atoms with E-state index in [0.717, 1.165) is 10.8 Å². The Balaban J connectivity index is 1.59. The van der Waals surface area contributed by atoms with Crippen LogP contribution in [0.5, 0.6) is 5.88 Å². The molecule has 0 N–H and O–H groups in total. The summed E-state index contributed by atoms with van der Waals surface area (Å²) >= 11 is 0. The van der Waals surface area contributed by atoms with Crippen LogP contribution in [0, 0.1) is 0 Å². The molecule has 25 heavy (non-hydrogen) atoms. The maximum atomic E-state index is 13.1. The average Bonchev–Trinajstić information content (AvgIpc) is 3.11. The molecule has 0 bridgehead atoms. The van der Waals surface area contributed by atoms with Crippen LogP contribution in [0.1, 0.15) is 6.42 Å². The number of aromatic nitrogens is 1. The average molecular weight is 354 g/mol. The minimum absolute atomic E-state index is 0.181. The highest BCUT2D eigenvalue weighted by atomic mass is 32.2. The van der Waals surface area contributed by atoms with Crippen LogP contribution in [0.4, 0.5) is 0 Å². The smallest absolute Gasteiger partial charge is 0.243 e. The first-order valence-electron chi connectivity index (χ1n) is 8.20. The van der Waals surface area contributed by atoms with Gasteiger partial charge < -0.3 is 4.74 Å². The quantitative estimate of drug-likeness (QED) is 0.722. The van der Waals surface area contributed by atoms with E-state index in [1.54, 1.807) is 24.4 Å². The van der Waals surface area contributed by atoms with Gasteiger partial charge >= 0.3 is 0 Å². The molecular weight excluding hydrogens is 336 g/mol. The summed E-state index contributed by atoms with van der Waals surface area (Å²) in [5.41, 5.74) is 0. The number of fused-ring (bicyclic) bond motifs is 1. The number of hydrogen-bond acceptors (Lipinski definition) is 4. The second kappa shape index (κ2) is 6.46. The first-order chi connectivity index (χ1) is 12.1. The fourth-order valence-corrected chi connectivity index (χ4v) is 4.86. The monoisotopic (exact) mass is 354 g/mol.